The zero-order valence-corrected chi connectivity index (χ0v) is 12.5. The van der Waals surface area contributed by atoms with E-state index in [0.29, 0.717) is 6.04 Å². The summed E-state index contributed by atoms with van der Waals surface area (Å²) in [4.78, 5) is 2.37. The lowest BCUT2D eigenvalue weighted by Crippen LogP contribution is -2.25. The van der Waals surface area contributed by atoms with E-state index < -0.39 is 0 Å². The average Bonchev–Trinajstić information content (AvgIpc) is 3.27. The van der Waals surface area contributed by atoms with E-state index in [0.717, 1.165) is 24.3 Å². The number of benzene rings is 2. The van der Waals surface area contributed by atoms with Gasteiger partial charge in [0, 0.05) is 24.8 Å². The second-order valence-corrected chi connectivity index (χ2v) is 6.04. The van der Waals surface area contributed by atoms with Crippen LogP contribution in [0.1, 0.15) is 24.0 Å². The van der Waals surface area contributed by atoms with Crippen LogP contribution < -0.4 is 5.73 Å². The third-order valence-electron chi connectivity index (χ3n) is 3.77. The van der Waals surface area contributed by atoms with Crippen molar-refractivity contribution >= 4 is 17.3 Å². The van der Waals surface area contributed by atoms with Crippen molar-refractivity contribution in [3.8, 4) is 0 Å². The number of nitrogen functional groups attached to an aromatic ring is 1. The minimum atomic E-state index is -0.353. The first-order valence-corrected chi connectivity index (χ1v) is 7.52. The highest BCUT2D eigenvalue weighted by molar-refractivity contribution is 6.30. The summed E-state index contributed by atoms with van der Waals surface area (Å²) in [6.45, 7) is 1.56. The molecule has 1 saturated carbocycles. The number of anilines is 1. The molecule has 21 heavy (non-hydrogen) atoms. The number of rotatable bonds is 5. The van der Waals surface area contributed by atoms with Crippen LogP contribution in [0.4, 0.5) is 10.1 Å². The van der Waals surface area contributed by atoms with Crippen LogP contribution in [0.2, 0.25) is 5.02 Å². The van der Waals surface area contributed by atoms with E-state index in [9.17, 15) is 4.39 Å². The maximum Gasteiger partial charge on any atom is 0.142 e. The fourth-order valence-electron chi connectivity index (χ4n) is 2.55. The van der Waals surface area contributed by atoms with Crippen LogP contribution in [0.5, 0.6) is 0 Å². The third kappa shape index (κ3) is 3.74. The molecule has 0 saturated heterocycles. The van der Waals surface area contributed by atoms with Crippen molar-refractivity contribution in [2.75, 3.05) is 5.73 Å². The lowest BCUT2D eigenvalue weighted by molar-refractivity contribution is 0.245. The highest BCUT2D eigenvalue weighted by atomic mass is 35.5. The molecule has 0 aromatic heterocycles. The Bertz CT molecular complexity index is 640. The quantitative estimate of drug-likeness (QED) is 0.838. The first-order valence-electron chi connectivity index (χ1n) is 7.14. The monoisotopic (exact) mass is 304 g/mol. The molecule has 2 nitrogen and oxygen atoms in total. The molecule has 0 amide bonds. The van der Waals surface area contributed by atoms with Crippen molar-refractivity contribution in [3.05, 3.63) is 64.4 Å². The van der Waals surface area contributed by atoms with Crippen LogP contribution in [-0.4, -0.2) is 10.9 Å². The predicted molar refractivity (Wildman–Crippen MR) is 84.5 cm³/mol. The van der Waals surface area contributed by atoms with Gasteiger partial charge in [0.25, 0.3) is 0 Å². The molecule has 4 heteroatoms. The van der Waals surface area contributed by atoms with E-state index in [4.69, 9.17) is 17.3 Å². The topological polar surface area (TPSA) is 29.3 Å². The normalized spacial score (nSPS) is 14.6. The Hall–Kier alpha value is -1.58. The van der Waals surface area contributed by atoms with Gasteiger partial charge in [0.2, 0.25) is 0 Å². The molecular weight excluding hydrogens is 287 g/mol. The summed E-state index contributed by atoms with van der Waals surface area (Å²) in [6, 6.07) is 13.6. The number of hydrogen-bond acceptors (Lipinski definition) is 2. The molecule has 2 N–H and O–H groups in total. The SMILES string of the molecule is Nc1cccc(CN(Cc2ccc(Cl)c(F)c2)C2CC2)c1. The summed E-state index contributed by atoms with van der Waals surface area (Å²) in [5.74, 6) is -0.353. The van der Waals surface area contributed by atoms with Crippen LogP contribution in [-0.2, 0) is 13.1 Å². The molecule has 2 aromatic carbocycles. The third-order valence-corrected chi connectivity index (χ3v) is 4.08. The van der Waals surface area contributed by atoms with E-state index in [1.165, 1.54) is 24.5 Å². The van der Waals surface area contributed by atoms with Crippen molar-refractivity contribution in [1.29, 1.82) is 0 Å². The first-order chi connectivity index (χ1) is 10.1. The van der Waals surface area contributed by atoms with Gasteiger partial charge >= 0.3 is 0 Å². The van der Waals surface area contributed by atoms with Gasteiger partial charge in [0.1, 0.15) is 5.82 Å². The maximum absolute atomic E-state index is 13.6. The zero-order chi connectivity index (χ0) is 14.8. The smallest absolute Gasteiger partial charge is 0.142 e. The largest absolute Gasteiger partial charge is 0.399 e. The zero-order valence-electron chi connectivity index (χ0n) is 11.7. The number of nitrogens with zero attached hydrogens (tertiary/aromatic N) is 1. The highest BCUT2D eigenvalue weighted by Crippen LogP contribution is 2.30. The molecule has 0 heterocycles. The summed E-state index contributed by atoms with van der Waals surface area (Å²) in [5, 5.41) is 0.174. The van der Waals surface area contributed by atoms with Gasteiger partial charge in [-0.05, 0) is 48.2 Å². The Morgan fingerprint density at radius 3 is 2.43 bits per heavy atom. The molecule has 2 aromatic rings. The molecule has 1 aliphatic rings. The Morgan fingerprint density at radius 1 is 1.10 bits per heavy atom. The Morgan fingerprint density at radius 2 is 1.81 bits per heavy atom. The van der Waals surface area contributed by atoms with E-state index in [2.05, 4.69) is 11.0 Å². The van der Waals surface area contributed by atoms with Crippen molar-refractivity contribution in [2.45, 2.75) is 32.0 Å². The molecule has 0 radical (unpaired) electrons. The van der Waals surface area contributed by atoms with E-state index in [1.807, 2.05) is 24.3 Å². The van der Waals surface area contributed by atoms with Crippen LogP contribution >= 0.6 is 11.6 Å². The molecule has 0 unspecified atom stereocenters. The van der Waals surface area contributed by atoms with Gasteiger partial charge in [0.05, 0.1) is 5.02 Å². The molecule has 110 valence electrons. The minimum absolute atomic E-state index is 0.174. The minimum Gasteiger partial charge on any atom is -0.399 e. The predicted octanol–water partition coefficient (Wildman–Crippen LogP) is 4.23. The summed E-state index contributed by atoms with van der Waals surface area (Å²) < 4.78 is 13.6. The van der Waals surface area contributed by atoms with Gasteiger partial charge in [-0.2, -0.15) is 0 Å². The van der Waals surface area contributed by atoms with E-state index in [-0.39, 0.29) is 10.8 Å². The molecule has 0 bridgehead atoms. The van der Waals surface area contributed by atoms with Gasteiger partial charge in [-0.25, -0.2) is 4.39 Å². The van der Waals surface area contributed by atoms with Gasteiger partial charge < -0.3 is 5.73 Å². The molecular formula is C17H18ClFN2. The first kappa shape index (κ1) is 14.4. The van der Waals surface area contributed by atoms with Crippen molar-refractivity contribution < 1.29 is 4.39 Å². The second kappa shape index (κ2) is 6.04. The Labute approximate surface area is 129 Å². The van der Waals surface area contributed by atoms with E-state index in [1.54, 1.807) is 6.07 Å². The van der Waals surface area contributed by atoms with Crippen LogP contribution in [0.25, 0.3) is 0 Å². The lowest BCUT2D eigenvalue weighted by Gasteiger charge is -2.22. The average molecular weight is 305 g/mol. The number of nitrogens with two attached hydrogens (primary N) is 1. The summed E-state index contributed by atoms with van der Waals surface area (Å²) in [5.41, 5.74) is 8.75. The number of halogens is 2. The van der Waals surface area contributed by atoms with Gasteiger partial charge in [-0.15, -0.1) is 0 Å². The molecule has 1 aliphatic carbocycles. The fourth-order valence-corrected chi connectivity index (χ4v) is 2.67. The van der Waals surface area contributed by atoms with Crippen LogP contribution in [0.15, 0.2) is 42.5 Å². The summed E-state index contributed by atoms with van der Waals surface area (Å²) >= 11 is 5.74. The standard InChI is InChI=1S/C17H18ClFN2/c18-16-7-4-13(9-17(16)19)11-21(15-5-6-15)10-12-2-1-3-14(20)8-12/h1-4,7-9,15H,5-6,10-11,20H2. The van der Waals surface area contributed by atoms with Crippen LogP contribution in [0.3, 0.4) is 0 Å². The van der Waals surface area contributed by atoms with Gasteiger partial charge in [-0.1, -0.05) is 29.8 Å². The molecule has 0 atom stereocenters. The summed E-state index contributed by atoms with van der Waals surface area (Å²) in [7, 11) is 0. The number of hydrogen-bond donors (Lipinski definition) is 1. The molecule has 3 rings (SSSR count). The van der Waals surface area contributed by atoms with Gasteiger partial charge in [-0.3, -0.25) is 4.90 Å². The molecule has 1 fully saturated rings. The van der Waals surface area contributed by atoms with Crippen molar-refractivity contribution in [2.24, 2.45) is 0 Å². The van der Waals surface area contributed by atoms with Gasteiger partial charge in [0.15, 0.2) is 0 Å². The Balaban J connectivity index is 1.74. The molecule has 0 spiro atoms. The van der Waals surface area contributed by atoms with Crippen molar-refractivity contribution in [3.63, 3.8) is 0 Å². The maximum atomic E-state index is 13.6. The fraction of sp³-hybridized carbons (Fsp3) is 0.294. The second-order valence-electron chi connectivity index (χ2n) is 5.63. The molecule has 0 aliphatic heterocycles. The van der Waals surface area contributed by atoms with Crippen LogP contribution in [0, 0.1) is 5.82 Å². The highest BCUT2D eigenvalue weighted by Gasteiger charge is 2.29. The lowest BCUT2D eigenvalue weighted by atomic mass is 10.1. The Kier molecular flexibility index (Phi) is 4.13. The summed E-state index contributed by atoms with van der Waals surface area (Å²) in [6.07, 6.45) is 2.41. The van der Waals surface area contributed by atoms with E-state index >= 15 is 0 Å². The van der Waals surface area contributed by atoms with Crippen molar-refractivity contribution in [1.82, 2.24) is 4.90 Å².